The van der Waals surface area contributed by atoms with Gasteiger partial charge in [0.2, 0.25) is 5.60 Å². The Kier molecular flexibility index (Phi) is 10.1. The molecule has 1 aliphatic rings. The van der Waals surface area contributed by atoms with Gasteiger partial charge in [-0.3, -0.25) is 0 Å². The first-order valence-corrected chi connectivity index (χ1v) is 13.7. The van der Waals surface area contributed by atoms with E-state index in [9.17, 15) is 18.4 Å². The molecular formula is C31H29F3N4O2S. The standard InChI is InChI=1S/C31H29F3N4O2S/c1-5-15-38(16-6-2)23-9-7-21(28(17-23)39-4)8-10-24-11-12-25(41-24)13-14-27-26(20-37)29(22(18-35)19-36)40-30(27,3)31(32,33)34/h7-14,17H,5-6,15-16H2,1-4H3/b10-8+,14-13+. The molecule has 10 heteroatoms. The monoisotopic (exact) mass is 578 g/mol. The maximum absolute atomic E-state index is 14.0. The van der Waals surface area contributed by atoms with Crippen molar-refractivity contribution in [2.45, 2.75) is 45.4 Å². The third kappa shape index (κ3) is 6.65. The molecule has 6 nitrogen and oxygen atoms in total. The summed E-state index contributed by atoms with van der Waals surface area (Å²) in [7, 11) is 1.62. The second-order valence-electron chi connectivity index (χ2n) is 9.28. The number of thiophene rings is 1. The van der Waals surface area contributed by atoms with Crippen LogP contribution in [-0.4, -0.2) is 32.0 Å². The molecule has 0 spiro atoms. The molecule has 0 amide bonds. The van der Waals surface area contributed by atoms with Crippen LogP contribution in [0.5, 0.6) is 5.75 Å². The van der Waals surface area contributed by atoms with Gasteiger partial charge in [-0.25, -0.2) is 0 Å². The zero-order valence-electron chi connectivity index (χ0n) is 23.2. The summed E-state index contributed by atoms with van der Waals surface area (Å²) < 4.78 is 52.8. The molecule has 3 rings (SSSR count). The lowest BCUT2D eigenvalue weighted by Crippen LogP contribution is -2.43. The summed E-state index contributed by atoms with van der Waals surface area (Å²) in [5.41, 5.74) is -2.59. The normalized spacial score (nSPS) is 16.9. The Morgan fingerprint density at radius 3 is 2.12 bits per heavy atom. The first-order chi connectivity index (χ1) is 19.6. The summed E-state index contributed by atoms with van der Waals surface area (Å²) >= 11 is 1.34. The van der Waals surface area contributed by atoms with Crippen LogP contribution in [0, 0.1) is 34.0 Å². The molecule has 1 aliphatic heterocycles. The number of methoxy groups -OCH3 is 1. The molecule has 1 atom stereocenters. The van der Waals surface area contributed by atoms with Gasteiger partial charge in [-0.1, -0.05) is 19.9 Å². The van der Waals surface area contributed by atoms with Crippen molar-refractivity contribution in [1.82, 2.24) is 0 Å². The SMILES string of the molecule is CCCN(CCC)c1ccc(/C=C/c2ccc(/C=C/C3=C(C#N)C(=C(C#N)C#N)OC3(C)C(F)(F)F)s2)c(OC)c1. The summed E-state index contributed by atoms with van der Waals surface area (Å²) in [4.78, 5) is 3.80. The van der Waals surface area contributed by atoms with Gasteiger partial charge in [0, 0.05) is 45.7 Å². The molecule has 1 aromatic heterocycles. The Balaban J connectivity index is 1.91. The predicted molar refractivity (Wildman–Crippen MR) is 155 cm³/mol. The first kappa shape index (κ1) is 31.1. The Hall–Kier alpha value is -4.46. The van der Waals surface area contributed by atoms with Gasteiger partial charge in [0.05, 0.1) is 7.11 Å². The Labute approximate surface area is 242 Å². The Bertz CT molecular complexity index is 1510. The van der Waals surface area contributed by atoms with E-state index in [2.05, 4.69) is 24.8 Å². The molecule has 0 aliphatic carbocycles. The minimum Gasteiger partial charge on any atom is -0.496 e. The zero-order valence-corrected chi connectivity index (χ0v) is 24.0. The number of ether oxygens (including phenoxy) is 2. The summed E-state index contributed by atoms with van der Waals surface area (Å²) in [5, 5.41) is 27.9. The molecule has 0 radical (unpaired) electrons. The highest BCUT2D eigenvalue weighted by Crippen LogP contribution is 2.49. The van der Waals surface area contributed by atoms with Gasteiger partial charge in [-0.15, -0.1) is 11.3 Å². The number of nitrogens with zero attached hydrogens (tertiary/aromatic N) is 4. The number of anilines is 1. The van der Waals surface area contributed by atoms with Gasteiger partial charge in [0.1, 0.15) is 29.5 Å². The minimum absolute atomic E-state index is 0.471. The molecule has 0 N–H and O–H groups in total. The third-order valence-electron chi connectivity index (χ3n) is 6.48. The van der Waals surface area contributed by atoms with Crippen LogP contribution in [0.4, 0.5) is 18.9 Å². The number of benzene rings is 1. The third-order valence-corrected chi connectivity index (χ3v) is 7.49. The Morgan fingerprint density at radius 2 is 1.61 bits per heavy atom. The van der Waals surface area contributed by atoms with Crippen LogP contribution >= 0.6 is 11.3 Å². The summed E-state index contributed by atoms with van der Waals surface area (Å²) in [6, 6.07) is 14.3. The number of nitriles is 3. The highest BCUT2D eigenvalue weighted by atomic mass is 32.1. The highest BCUT2D eigenvalue weighted by Gasteiger charge is 2.60. The maximum atomic E-state index is 14.0. The average Bonchev–Trinajstić information content (AvgIpc) is 3.53. The minimum atomic E-state index is -4.91. The van der Waals surface area contributed by atoms with E-state index in [1.807, 2.05) is 30.4 Å². The largest absolute Gasteiger partial charge is 0.496 e. The van der Waals surface area contributed by atoms with Crippen molar-refractivity contribution in [2.75, 3.05) is 25.1 Å². The van der Waals surface area contributed by atoms with Crippen LogP contribution in [0.2, 0.25) is 0 Å². The summed E-state index contributed by atoms with van der Waals surface area (Å²) in [5.74, 6) is 0.0634. The fourth-order valence-electron chi connectivity index (χ4n) is 4.37. The van der Waals surface area contributed by atoms with Crippen molar-refractivity contribution in [3.63, 3.8) is 0 Å². The van der Waals surface area contributed by atoms with Gasteiger partial charge in [-0.2, -0.15) is 29.0 Å². The van der Waals surface area contributed by atoms with Crippen molar-refractivity contribution >= 4 is 35.3 Å². The lowest BCUT2D eigenvalue weighted by atomic mass is 9.92. The number of rotatable bonds is 10. The van der Waals surface area contributed by atoms with Crippen LogP contribution < -0.4 is 9.64 Å². The predicted octanol–water partition coefficient (Wildman–Crippen LogP) is 8.04. The van der Waals surface area contributed by atoms with Gasteiger partial charge in [0.15, 0.2) is 11.3 Å². The van der Waals surface area contributed by atoms with Crippen molar-refractivity contribution in [3.8, 4) is 24.0 Å². The van der Waals surface area contributed by atoms with Crippen LogP contribution in [-0.2, 0) is 4.74 Å². The molecule has 1 unspecified atom stereocenters. The number of halogens is 3. The molecule has 0 saturated heterocycles. The van der Waals surface area contributed by atoms with E-state index >= 15 is 0 Å². The molecule has 1 aromatic carbocycles. The zero-order chi connectivity index (χ0) is 30.2. The van der Waals surface area contributed by atoms with Gasteiger partial charge >= 0.3 is 6.18 Å². The van der Waals surface area contributed by atoms with Crippen molar-refractivity contribution in [1.29, 1.82) is 15.8 Å². The summed E-state index contributed by atoms with van der Waals surface area (Å²) in [6.45, 7) is 6.96. The quantitative estimate of drug-likeness (QED) is 0.265. The van der Waals surface area contributed by atoms with Crippen molar-refractivity contribution in [3.05, 3.63) is 74.2 Å². The second-order valence-corrected chi connectivity index (χ2v) is 10.4. The summed E-state index contributed by atoms with van der Waals surface area (Å²) in [6.07, 6.45) is 3.58. The number of alkyl halides is 3. The topological polar surface area (TPSA) is 93.1 Å². The fraction of sp³-hybridized carbons (Fsp3) is 0.323. The van der Waals surface area contributed by atoms with Crippen LogP contribution in [0.15, 0.2) is 58.9 Å². The molecule has 2 heterocycles. The van der Waals surface area contributed by atoms with E-state index < -0.39 is 34.3 Å². The molecule has 0 saturated carbocycles. The van der Waals surface area contributed by atoms with Gasteiger partial charge in [0.25, 0.3) is 0 Å². The first-order valence-electron chi connectivity index (χ1n) is 12.9. The average molecular weight is 579 g/mol. The number of allylic oxidation sites excluding steroid dienone is 2. The molecule has 2 aromatic rings. The van der Waals surface area contributed by atoms with Crippen molar-refractivity contribution in [2.24, 2.45) is 0 Å². The van der Waals surface area contributed by atoms with Crippen LogP contribution in [0.25, 0.3) is 18.2 Å². The Morgan fingerprint density at radius 1 is 1.00 bits per heavy atom. The molecule has 0 fully saturated rings. The van der Waals surface area contributed by atoms with Crippen LogP contribution in [0.1, 0.15) is 48.9 Å². The van der Waals surface area contributed by atoms with E-state index in [0.29, 0.717) is 4.88 Å². The van der Waals surface area contributed by atoms with E-state index in [4.69, 9.17) is 20.0 Å². The van der Waals surface area contributed by atoms with Gasteiger partial charge in [-0.05, 0) is 62.3 Å². The van der Waals surface area contributed by atoms with Gasteiger partial charge < -0.3 is 14.4 Å². The van der Waals surface area contributed by atoms with E-state index in [1.165, 1.54) is 29.6 Å². The lowest BCUT2D eigenvalue weighted by molar-refractivity contribution is -0.236. The second kappa shape index (κ2) is 13.3. The van der Waals surface area contributed by atoms with E-state index in [0.717, 1.165) is 60.8 Å². The maximum Gasteiger partial charge on any atom is 0.432 e. The van der Waals surface area contributed by atoms with E-state index in [1.54, 1.807) is 19.2 Å². The molecule has 41 heavy (non-hydrogen) atoms. The number of hydrogen-bond donors (Lipinski definition) is 0. The smallest absolute Gasteiger partial charge is 0.432 e. The highest BCUT2D eigenvalue weighted by molar-refractivity contribution is 7.13. The number of hydrogen-bond acceptors (Lipinski definition) is 7. The lowest BCUT2D eigenvalue weighted by Gasteiger charge is -2.28. The molecule has 0 bridgehead atoms. The van der Waals surface area contributed by atoms with Crippen LogP contribution in [0.3, 0.4) is 0 Å². The van der Waals surface area contributed by atoms with Crippen molar-refractivity contribution < 1.29 is 22.6 Å². The fourth-order valence-corrected chi connectivity index (χ4v) is 5.18. The molecule has 212 valence electrons. The van der Waals surface area contributed by atoms with E-state index in [-0.39, 0.29) is 0 Å². The molecular weight excluding hydrogens is 549 g/mol.